The molecule has 1 amide bonds. The van der Waals surface area contributed by atoms with E-state index < -0.39 is 0 Å². The van der Waals surface area contributed by atoms with Gasteiger partial charge in [0.15, 0.2) is 5.76 Å². The van der Waals surface area contributed by atoms with Crippen molar-refractivity contribution in [3.63, 3.8) is 0 Å². The molecule has 0 saturated carbocycles. The van der Waals surface area contributed by atoms with Crippen LogP contribution in [0.15, 0.2) is 77.3 Å². The minimum atomic E-state index is -0.189. The molecule has 0 spiro atoms. The zero-order valence-electron chi connectivity index (χ0n) is 18.5. The van der Waals surface area contributed by atoms with Crippen LogP contribution < -0.4 is 10.1 Å². The predicted molar refractivity (Wildman–Crippen MR) is 127 cm³/mol. The van der Waals surface area contributed by atoms with Crippen molar-refractivity contribution in [2.45, 2.75) is 27.2 Å². The highest BCUT2D eigenvalue weighted by Crippen LogP contribution is 2.30. The summed E-state index contributed by atoms with van der Waals surface area (Å²) >= 11 is 0. The number of anilines is 1. The van der Waals surface area contributed by atoms with Gasteiger partial charge in [0.05, 0.1) is 18.4 Å². The van der Waals surface area contributed by atoms with Gasteiger partial charge in [-0.25, -0.2) is 4.98 Å². The Bertz CT molecular complexity index is 1230. The van der Waals surface area contributed by atoms with Gasteiger partial charge >= 0.3 is 0 Å². The van der Waals surface area contributed by atoms with E-state index in [1.165, 1.54) is 0 Å². The Morgan fingerprint density at radius 1 is 1.00 bits per heavy atom. The van der Waals surface area contributed by atoms with E-state index in [-0.39, 0.29) is 5.91 Å². The Morgan fingerprint density at radius 2 is 1.78 bits per heavy atom. The summed E-state index contributed by atoms with van der Waals surface area (Å²) in [5, 5.41) is 3.09. The van der Waals surface area contributed by atoms with Crippen LogP contribution in [-0.4, -0.2) is 17.5 Å². The summed E-state index contributed by atoms with van der Waals surface area (Å²) in [7, 11) is 0. The van der Waals surface area contributed by atoms with Crippen molar-refractivity contribution in [2.75, 3.05) is 11.9 Å². The summed E-state index contributed by atoms with van der Waals surface area (Å²) in [6, 6.07) is 21.0. The molecule has 0 aliphatic carbocycles. The van der Waals surface area contributed by atoms with Crippen LogP contribution in [0, 0.1) is 6.92 Å². The second-order valence-electron chi connectivity index (χ2n) is 7.45. The zero-order valence-corrected chi connectivity index (χ0v) is 18.5. The smallest absolute Gasteiger partial charge is 0.256 e. The molecule has 0 bridgehead atoms. The first-order valence-electron chi connectivity index (χ1n) is 10.8. The van der Waals surface area contributed by atoms with E-state index in [1.807, 2.05) is 74.5 Å². The molecule has 0 atom stereocenters. The van der Waals surface area contributed by atoms with Crippen LogP contribution >= 0.6 is 0 Å². The van der Waals surface area contributed by atoms with Gasteiger partial charge in [-0.1, -0.05) is 37.3 Å². The highest BCUT2D eigenvalue weighted by atomic mass is 16.5. The molecule has 4 rings (SSSR count). The monoisotopic (exact) mass is 426 g/mol. The minimum Gasteiger partial charge on any atom is -0.494 e. The molecule has 1 N–H and O–H groups in total. The largest absolute Gasteiger partial charge is 0.494 e. The molecule has 0 aliphatic heterocycles. The topological polar surface area (TPSA) is 64.4 Å². The number of benzene rings is 3. The van der Waals surface area contributed by atoms with Crippen LogP contribution in [-0.2, 0) is 6.42 Å². The quantitative estimate of drug-likeness (QED) is 0.365. The number of nitrogens with zero attached hydrogens (tertiary/aromatic N) is 1. The Balaban J connectivity index is 1.63. The fourth-order valence-corrected chi connectivity index (χ4v) is 3.66. The highest BCUT2D eigenvalue weighted by Gasteiger charge is 2.18. The van der Waals surface area contributed by atoms with Gasteiger partial charge in [0, 0.05) is 16.8 Å². The Morgan fingerprint density at radius 3 is 2.53 bits per heavy atom. The first-order chi connectivity index (χ1) is 15.6. The van der Waals surface area contributed by atoms with E-state index in [9.17, 15) is 4.79 Å². The van der Waals surface area contributed by atoms with E-state index in [0.717, 1.165) is 34.5 Å². The molecule has 0 unspecified atom stereocenters. The lowest BCUT2D eigenvalue weighted by Gasteiger charge is -2.14. The molecule has 1 aromatic heterocycles. The number of rotatable bonds is 7. The van der Waals surface area contributed by atoms with Crippen LogP contribution in [0.25, 0.3) is 22.8 Å². The standard InChI is InChI=1S/C27H26N2O3/c1-4-19-10-8-9-18(3)25(19)29-26(30)22-11-6-7-12-23(22)27-28-17-24(32-27)20-13-15-21(16-14-20)31-5-2/h6-17H,4-5H2,1-3H3,(H,29,30). The summed E-state index contributed by atoms with van der Waals surface area (Å²) in [6.45, 7) is 6.64. The van der Waals surface area contributed by atoms with Crippen molar-refractivity contribution >= 4 is 11.6 Å². The molecule has 5 heteroatoms. The third-order valence-corrected chi connectivity index (χ3v) is 5.34. The third kappa shape index (κ3) is 4.42. The second kappa shape index (κ2) is 9.52. The van der Waals surface area contributed by atoms with Crippen molar-refractivity contribution in [3.8, 4) is 28.5 Å². The van der Waals surface area contributed by atoms with Gasteiger partial charge in [0.2, 0.25) is 5.89 Å². The number of nitrogens with one attached hydrogen (secondary N) is 1. The maximum atomic E-state index is 13.2. The lowest BCUT2D eigenvalue weighted by atomic mass is 10.0. The number of ether oxygens (including phenoxy) is 1. The Kier molecular flexibility index (Phi) is 6.36. The molecule has 4 aromatic rings. The number of aromatic nitrogens is 1. The van der Waals surface area contributed by atoms with Gasteiger partial charge in [0.1, 0.15) is 5.75 Å². The number of amides is 1. The van der Waals surface area contributed by atoms with Crippen molar-refractivity contribution < 1.29 is 13.9 Å². The van der Waals surface area contributed by atoms with Gasteiger partial charge < -0.3 is 14.5 Å². The summed E-state index contributed by atoms with van der Waals surface area (Å²) in [5.74, 6) is 1.65. The van der Waals surface area contributed by atoms with Crippen molar-refractivity contribution in [1.82, 2.24) is 4.98 Å². The molecule has 0 saturated heterocycles. The Hall–Kier alpha value is -3.86. The summed E-state index contributed by atoms with van der Waals surface area (Å²) < 4.78 is 11.5. The first-order valence-corrected chi connectivity index (χ1v) is 10.8. The maximum Gasteiger partial charge on any atom is 0.256 e. The molecule has 32 heavy (non-hydrogen) atoms. The number of carbonyl (C=O) groups is 1. The SMILES string of the molecule is CCOc1ccc(-c2cnc(-c3ccccc3C(=O)Nc3c(C)cccc3CC)o2)cc1. The summed E-state index contributed by atoms with van der Waals surface area (Å²) in [4.78, 5) is 17.7. The van der Waals surface area contributed by atoms with Crippen molar-refractivity contribution in [3.05, 3.63) is 89.6 Å². The zero-order chi connectivity index (χ0) is 22.5. The first kappa shape index (κ1) is 21.4. The molecule has 0 radical (unpaired) electrons. The fraction of sp³-hybridized carbons (Fsp3) is 0.185. The van der Waals surface area contributed by atoms with Crippen molar-refractivity contribution in [1.29, 1.82) is 0 Å². The number of hydrogen-bond donors (Lipinski definition) is 1. The molecule has 0 aliphatic rings. The van der Waals surface area contributed by atoms with E-state index in [4.69, 9.17) is 9.15 Å². The van der Waals surface area contributed by atoms with E-state index in [0.29, 0.717) is 29.4 Å². The van der Waals surface area contributed by atoms with Crippen LogP contribution in [0.5, 0.6) is 5.75 Å². The van der Waals surface area contributed by atoms with Crippen molar-refractivity contribution in [2.24, 2.45) is 0 Å². The highest BCUT2D eigenvalue weighted by molar-refractivity contribution is 6.08. The lowest BCUT2D eigenvalue weighted by molar-refractivity contribution is 0.102. The number of carbonyl (C=O) groups excluding carboxylic acids is 1. The lowest BCUT2D eigenvalue weighted by Crippen LogP contribution is -2.15. The average Bonchev–Trinajstić information content (AvgIpc) is 3.31. The van der Waals surface area contributed by atoms with Gasteiger partial charge in [-0.2, -0.15) is 0 Å². The van der Waals surface area contributed by atoms with Crippen LogP contribution in [0.4, 0.5) is 5.69 Å². The normalized spacial score (nSPS) is 10.7. The molecular formula is C27H26N2O3. The predicted octanol–water partition coefficient (Wildman–Crippen LogP) is 6.53. The number of aryl methyl sites for hydroxylation is 2. The van der Waals surface area contributed by atoms with Gasteiger partial charge in [0.25, 0.3) is 5.91 Å². The fourth-order valence-electron chi connectivity index (χ4n) is 3.66. The average molecular weight is 427 g/mol. The number of para-hydroxylation sites is 1. The molecule has 0 fully saturated rings. The maximum absolute atomic E-state index is 13.2. The van der Waals surface area contributed by atoms with Crippen LogP contribution in [0.3, 0.4) is 0 Å². The Labute approximate surface area is 188 Å². The number of hydrogen-bond acceptors (Lipinski definition) is 4. The molecule has 3 aromatic carbocycles. The van der Waals surface area contributed by atoms with Crippen LogP contribution in [0.2, 0.25) is 0 Å². The number of oxazole rings is 1. The van der Waals surface area contributed by atoms with Gasteiger partial charge in [-0.3, -0.25) is 4.79 Å². The van der Waals surface area contributed by atoms with Crippen LogP contribution in [0.1, 0.15) is 35.3 Å². The summed E-state index contributed by atoms with van der Waals surface area (Å²) in [5.41, 5.74) is 5.04. The second-order valence-corrected chi connectivity index (χ2v) is 7.45. The van der Waals surface area contributed by atoms with Gasteiger partial charge in [-0.05, 0) is 67.8 Å². The van der Waals surface area contributed by atoms with E-state index in [2.05, 4.69) is 17.2 Å². The van der Waals surface area contributed by atoms with E-state index >= 15 is 0 Å². The van der Waals surface area contributed by atoms with Gasteiger partial charge in [-0.15, -0.1) is 0 Å². The summed E-state index contributed by atoms with van der Waals surface area (Å²) in [6.07, 6.45) is 2.51. The molecule has 1 heterocycles. The molecular weight excluding hydrogens is 400 g/mol. The molecule has 162 valence electrons. The third-order valence-electron chi connectivity index (χ3n) is 5.34. The minimum absolute atomic E-state index is 0.189. The van der Waals surface area contributed by atoms with E-state index in [1.54, 1.807) is 12.3 Å². The molecule has 5 nitrogen and oxygen atoms in total.